The molecule has 1 aromatic rings. The van der Waals surface area contributed by atoms with E-state index in [4.69, 9.17) is 4.74 Å². The summed E-state index contributed by atoms with van der Waals surface area (Å²) in [7, 11) is 0. The van der Waals surface area contributed by atoms with Gasteiger partial charge >= 0.3 is 0 Å². The van der Waals surface area contributed by atoms with Crippen molar-refractivity contribution in [1.82, 2.24) is 0 Å². The number of hydrogen-bond acceptors (Lipinski definition) is 3. The number of benzene rings is 1. The predicted octanol–water partition coefficient (Wildman–Crippen LogP) is 3.48. The van der Waals surface area contributed by atoms with E-state index in [1.807, 2.05) is 24.5 Å². The van der Waals surface area contributed by atoms with Crippen molar-refractivity contribution in [2.45, 2.75) is 49.2 Å². The Morgan fingerprint density at radius 3 is 2.76 bits per heavy atom. The average Bonchev–Trinajstić information content (AvgIpc) is 2.56. The Kier molecular flexibility index (Phi) is 4.75. The quantitative estimate of drug-likeness (QED) is 0.659. The van der Waals surface area contributed by atoms with Crippen LogP contribution in [0.15, 0.2) is 29.2 Å². The molecule has 1 N–H and O–H groups in total. The number of rotatable bonds is 3. The summed E-state index contributed by atoms with van der Waals surface area (Å²) in [6, 6.07) is 8.05. The molecule has 0 aliphatic heterocycles. The van der Waals surface area contributed by atoms with Crippen molar-refractivity contribution in [2.24, 2.45) is 0 Å². The third-order valence-corrected chi connectivity index (χ3v) is 4.04. The minimum absolute atomic E-state index is 0.0363. The van der Waals surface area contributed by atoms with Gasteiger partial charge in [0.25, 0.3) is 0 Å². The lowest BCUT2D eigenvalue weighted by molar-refractivity contribution is 0.0304. The lowest BCUT2D eigenvalue weighted by Gasteiger charge is -2.23. The van der Waals surface area contributed by atoms with Crippen LogP contribution in [-0.2, 0) is 0 Å². The maximum Gasteiger partial charge on any atom is 0.133 e. The van der Waals surface area contributed by atoms with Gasteiger partial charge in [-0.15, -0.1) is 11.8 Å². The first-order chi connectivity index (χ1) is 8.31. The van der Waals surface area contributed by atoms with Crippen molar-refractivity contribution >= 4 is 11.8 Å². The number of ether oxygens (including phenoxy) is 1. The number of para-hydroxylation sites is 1. The Balaban J connectivity index is 2.07. The molecule has 1 aromatic carbocycles. The SMILES string of the molecule is CSc1ccccc1OC1CCCCCC1O. The van der Waals surface area contributed by atoms with Crippen molar-refractivity contribution in [3.05, 3.63) is 24.3 Å². The second kappa shape index (κ2) is 6.31. The Labute approximate surface area is 107 Å². The maximum absolute atomic E-state index is 10.0. The lowest BCUT2D eigenvalue weighted by Crippen LogP contribution is -2.30. The summed E-state index contributed by atoms with van der Waals surface area (Å²) in [5, 5.41) is 10.0. The molecule has 1 saturated carbocycles. The fourth-order valence-electron chi connectivity index (χ4n) is 2.27. The van der Waals surface area contributed by atoms with Crippen molar-refractivity contribution < 1.29 is 9.84 Å². The van der Waals surface area contributed by atoms with Crippen LogP contribution in [0.1, 0.15) is 32.1 Å². The normalized spacial score (nSPS) is 25.3. The third-order valence-electron chi connectivity index (χ3n) is 3.27. The molecule has 2 nitrogen and oxygen atoms in total. The molecule has 3 heteroatoms. The van der Waals surface area contributed by atoms with Crippen LogP contribution in [0.4, 0.5) is 0 Å². The first-order valence-corrected chi connectivity index (χ1v) is 7.51. The highest BCUT2D eigenvalue weighted by Crippen LogP contribution is 2.30. The van der Waals surface area contributed by atoms with Gasteiger partial charge in [0.05, 0.1) is 6.10 Å². The highest BCUT2D eigenvalue weighted by Gasteiger charge is 2.23. The van der Waals surface area contributed by atoms with E-state index in [2.05, 4.69) is 6.07 Å². The summed E-state index contributed by atoms with van der Waals surface area (Å²) in [4.78, 5) is 1.14. The van der Waals surface area contributed by atoms with Gasteiger partial charge in [-0.3, -0.25) is 0 Å². The highest BCUT2D eigenvalue weighted by molar-refractivity contribution is 7.98. The van der Waals surface area contributed by atoms with Gasteiger partial charge in [-0.05, 0) is 37.7 Å². The zero-order valence-electron chi connectivity index (χ0n) is 10.3. The van der Waals surface area contributed by atoms with E-state index >= 15 is 0 Å². The van der Waals surface area contributed by atoms with E-state index in [0.29, 0.717) is 0 Å². The van der Waals surface area contributed by atoms with E-state index < -0.39 is 0 Å². The lowest BCUT2D eigenvalue weighted by atomic mass is 10.1. The average molecular weight is 252 g/mol. The molecule has 0 aromatic heterocycles. The molecule has 2 atom stereocenters. The van der Waals surface area contributed by atoms with Crippen molar-refractivity contribution in [3.8, 4) is 5.75 Å². The van der Waals surface area contributed by atoms with E-state index in [1.165, 1.54) is 6.42 Å². The zero-order valence-corrected chi connectivity index (χ0v) is 11.1. The van der Waals surface area contributed by atoms with Gasteiger partial charge in [-0.25, -0.2) is 0 Å². The molecule has 94 valence electrons. The van der Waals surface area contributed by atoms with Gasteiger partial charge in [-0.1, -0.05) is 25.0 Å². The van der Waals surface area contributed by atoms with Crippen LogP contribution in [0.2, 0.25) is 0 Å². The highest BCUT2D eigenvalue weighted by atomic mass is 32.2. The van der Waals surface area contributed by atoms with Gasteiger partial charge in [-0.2, -0.15) is 0 Å². The molecule has 0 radical (unpaired) electrons. The van der Waals surface area contributed by atoms with Gasteiger partial charge in [0.15, 0.2) is 0 Å². The van der Waals surface area contributed by atoms with Gasteiger partial charge in [0.1, 0.15) is 11.9 Å². The van der Waals surface area contributed by atoms with Crippen LogP contribution < -0.4 is 4.74 Å². The summed E-state index contributed by atoms with van der Waals surface area (Å²) in [5.41, 5.74) is 0. The number of thioether (sulfide) groups is 1. The Morgan fingerprint density at radius 2 is 1.94 bits per heavy atom. The maximum atomic E-state index is 10.0. The zero-order chi connectivity index (χ0) is 12.1. The van der Waals surface area contributed by atoms with Crippen LogP contribution in [-0.4, -0.2) is 23.6 Å². The first-order valence-electron chi connectivity index (χ1n) is 6.29. The molecule has 0 amide bonds. The fraction of sp³-hybridized carbons (Fsp3) is 0.571. The second-order valence-electron chi connectivity index (χ2n) is 4.51. The molecule has 2 rings (SSSR count). The third kappa shape index (κ3) is 3.39. The Bertz CT molecular complexity index is 354. The van der Waals surface area contributed by atoms with Crippen LogP contribution in [0.5, 0.6) is 5.75 Å². The standard InChI is InChI=1S/C14H20O2S/c1-17-14-10-6-5-9-13(14)16-12-8-4-2-3-7-11(12)15/h5-6,9-12,15H,2-4,7-8H2,1H3. The molecule has 1 aliphatic rings. The van der Waals surface area contributed by atoms with Gasteiger partial charge in [0.2, 0.25) is 0 Å². The van der Waals surface area contributed by atoms with E-state index in [0.717, 1.165) is 36.3 Å². The molecule has 0 bridgehead atoms. The fourth-order valence-corrected chi connectivity index (χ4v) is 2.80. The topological polar surface area (TPSA) is 29.5 Å². The van der Waals surface area contributed by atoms with E-state index in [-0.39, 0.29) is 12.2 Å². The molecule has 1 fully saturated rings. The van der Waals surface area contributed by atoms with Crippen molar-refractivity contribution in [3.63, 3.8) is 0 Å². The Hall–Kier alpha value is -0.670. The minimum atomic E-state index is -0.313. The number of aliphatic hydroxyl groups is 1. The van der Waals surface area contributed by atoms with Crippen LogP contribution in [0.3, 0.4) is 0 Å². The van der Waals surface area contributed by atoms with Gasteiger partial charge in [0, 0.05) is 4.90 Å². The molecule has 0 saturated heterocycles. The molecule has 17 heavy (non-hydrogen) atoms. The summed E-state index contributed by atoms with van der Waals surface area (Å²) >= 11 is 1.68. The molecule has 2 unspecified atom stereocenters. The summed E-state index contributed by atoms with van der Waals surface area (Å²) in [6.07, 6.45) is 7.01. The van der Waals surface area contributed by atoms with E-state index in [9.17, 15) is 5.11 Å². The number of hydrogen-bond donors (Lipinski definition) is 1. The monoisotopic (exact) mass is 252 g/mol. The second-order valence-corrected chi connectivity index (χ2v) is 5.36. The Morgan fingerprint density at radius 1 is 1.18 bits per heavy atom. The molecule has 0 spiro atoms. The molecular weight excluding hydrogens is 232 g/mol. The van der Waals surface area contributed by atoms with E-state index in [1.54, 1.807) is 11.8 Å². The van der Waals surface area contributed by atoms with Crippen LogP contribution >= 0.6 is 11.8 Å². The molecular formula is C14H20O2S. The molecule has 1 aliphatic carbocycles. The van der Waals surface area contributed by atoms with Crippen molar-refractivity contribution in [1.29, 1.82) is 0 Å². The summed E-state index contributed by atoms with van der Waals surface area (Å²) in [6.45, 7) is 0. The minimum Gasteiger partial charge on any atom is -0.487 e. The largest absolute Gasteiger partial charge is 0.487 e. The number of aliphatic hydroxyl groups excluding tert-OH is 1. The van der Waals surface area contributed by atoms with Crippen LogP contribution in [0.25, 0.3) is 0 Å². The predicted molar refractivity (Wildman–Crippen MR) is 71.7 cm³/mol. The summed E-state index contributed by atoms with van der Waals surface area (Å²) < 4.78 is 6.00. The van der Waals surface area contributed by atoms with Crippen molar-refractivity contribution in [2.75, 3.05) is 6.26 Å². The first kappa shape index (κ1) is 12.8. The van der Waals surface area contributed by atoms with Gasteiger partial charge < -0.3 is 9.84 Å². The molecule has 0 heterocycles. The van der Waals surface area contributed by atoms with Crippen LogP contribution in [0, 0.1) is 0 Å². The summed E-state index contributed by atoms with van der Waals surface area (Å²) in [5.74, 6) is 0.908. The smallest absolute Gasteiger partial charge is 0.133 e.